The third-order valence-corrected chi connectivity index (χ3v) is 7.94. The fourth-order valence-corrected chi connectivity index (χ4v) is 5.59. The smallest absolute Gasteiger partial charge is 0.375 e. The number of hydrogen-bond donors (Lipinski definition) is 3. The van der Waals surface area contributed by atoms with Crippen molar-refractivity contribution in [3.63, 3.8) is 0 Å². The van der Waals surface area contributed by atoms with Gasteiger partial charge in [-0.15, -0.1) is 0 Å². The number of hydrogen-bond acceptors (Lipinski definition) is 8. The molecule has 5 rings (SSSR count). The molecule has 3 aromatic rings. The highest BCUT2D eigenvalue weighted by molar-refractivity contribution is 9.10. The Labute approximate surface area is 272 Å². The summed E-state index contributed by atoms with van der Waals surface area (Å²) in [6.45, 7) is 1.80. The largest absolute Gasteiger partial charge is 0.476 e. The third kappa shape index (κ3) is 9.88. The number of Topliss-reactive ketones (excluding diaryl/α,β-unsaturated/α-hetero) is 2. The number of carboxylic acids is 1. The van der Waals surface area contributed by atoms with Crippen LogP contribution in [0.15, 0.2) is 57.5 Å². The molecule has 0 radical (unpaired) electrons. The molecule has 1 saturated carbocycles. The Hall–Kier alpha value is -3.77. The highest BCUT2D eigenvalue weighted by atomic mass is 79.9. The van der Waals surface area contributed by atoms with Crippen molar-refractivity contribution < 1.29 is 29.0 Å². The number of rotatable bonds is 6. The summed E-state index contributed by atoms with van der Waals surface area (Å²) in [7, 11) is 0. The second kappa shape index (κ2) is 16.9. The molecule has 1 atom stereocenters. The van der Waals surface area contributed by atoms with Crippen molar-refractivity contribution in [1.29, 1.82) is 5.41 Å². The number of ether oxygens (including phenoxy) is 1. The van der Waals surface area contributed by atoms with Crippen LogP contribution in [0.4, 0.5) is 0 Å². The minimum Gasteiger partial charge on any atom is -0.476 e. The number of halogens is 2. The van der Waals surface area contributed by atoms with Crippen LogP contribution in [-0.2, 0) is 32.0 Å². The van der Waals surface area contributed by atoms with Gasteiger partial charge in [-0.2, -0.15) is 0 Å². The minimum atomic E-state index is -0.971. The lowest BCUT2D eigenvalue weighted by molar-refractivity contribution is -0.157. The zero-order valence-corrected chi connectivity index (χ0v) is 27.4. The molecule has 232 valence electrons. The number of ketones is 2. The van der Waals surface area contributed by atoms with E-state index in [1.165, 1.54) is 0 Å². The summed E-state index contributed by atoms with van der Waals surface area (Å²) in [5, 5.41) is 16.5. The first-order valence-corrected chi connectivity index (χ1v) is 15.8. The normalized spacial score (nSPS) is 15.3. The SMILES string of the molecule is CCOC(=O)C(=O)C1CCCCC1=O.N=C(N)c1cccc(Br)c1.O=C(O)c1nc(-c2cccc(Br)c2)nc2c1CCCC2. The summed E-state index contributed by atoms with van der Waals surface area (Å²) in [4.78, 5) is 54.0. The van der Waals surface area contributed by atoms with Crippen LogP contribution < -0.4 is 5.73 Å². The molecule has 1 aromatic heterocycles. The van der Waals surface area contributed by atoms with Crippen LogP contribution in [0.3, 0.4) is 0 Å². The van der Waals surface area contributed by atoms with Crippen LogP contribution in [0.2, 0.25) is 0 Å². The topological polar surface area (TPSA) is 173 Å². The van der Waals surface area contributed by atoms with E-state index in [2.05, 4.69) is 46.6 Å². The summed E-state index contributed by atoms with van der Waals surface area (Å²) in [6.07, 6.45) is 6.22. The molecule has 1 heterocycles. The molecule has 1 fully saturated rings. The number of benzene rings is 2. The van der Waals surface area contributed by atoms with Crippen LogP contribution in [0.1, 0.15) is 72.8 Å². The van der Waals surface area contributed by atoms with Crippen molar-refractivity contribution >= 4 is 61.2 Å². The number of nitrogens with one attached hydrogen (secondary N) is 1. The number of aryl methyl sites for hydroxylation is 1. The quantitative estimate of drug-likeness (QED) is 0.0892. The van der Waals surface area contributed by atoms with Gasteiger partial charge in [-0.25, -0.2) is 19.6 Å². The van der Waals surface area contributed by atoms with Gasteiger partial charge in [0, 0.05) is 37.8 Å². The number of aromatic nitrogens is 2. The van der Waals surface area contributed by atoms with Gasteiger partial charge in [-0.05, 0) is 69.7 Å². The Balaban J connectivity index is 0.000000193. The average Bonchev–Trinajstić information content (AvgIpc) is 3.01. The maximum Gasteiger partial charge on any atom is 0.375 e. The fourth-order valence-electron chi connectivity index (χ4n) is 4.79. The van der Waals surface area contributed by atoms with E-state index >= 15 is 0 Å². The van der Waals surface area contributed by atoms with E-state index < -0.39 is 23.6 Å². The number of aromatic carboxylic acids is 1. The van der Waals surface area contributed by atoms with E-state index in [1.807, 2.05) is 42.5 Å². The molecule has 0 spiro atoms. The van der Waals surface area contributed by atoms with Crippen molar-refractivity contribution in [1.82, 2.24) is 9.97 Å². The predicted octanol–water partition coefficient (Wildman–Crippen LogP) is 6.09. The molecule has 2 aromatic carbocycles. The molecule has 44 heavy (non-hydrogen) atoms. The van der Waals surface area contributed by atoms with Crippen molar-refractivity contribution in [3.8, 4) is 11.4 Å². The predicted molar refractivity (Wildman–Crippen MR) is 173 cm³/mol. The van der Waals surface area contributed by atoms with Crippen LogP contribution in [0.5, 0.6) is 0 Å². The summed E-state index contributed by atoms with van der Waals surface area (Å²) in [5.41, 5.74) is 8.67. The fraction of sp³-hybridized carbons (Fsp3) is 0.344. The highest BCUT2D eigenvalue weighted by Gasteiger charge is 2.33. The van der Waals surface area contributed by atoms with Gasteiger partial charge in [-0.1, -0.05) is 62.5 Å². The Kier molecular flexibility index (Phi) is 13.3. The zero-order chi connectivity index (χ0) is 32.2. The van der Waals surface area contributed by atoms with Gasteiger partial charge in [-0.3, -0.25) is 15.0 Å². The summed E-state index contributed by atoms with van der Waals surface area (Å²) in [5.74, 6) is -2.77. The van der Waals surface area contributed by atoms with Gasteiger partial charge in [0.15, 0.2) is 11.5 Å². The molecule has 0 saturated heterocycles. The number of carbonyl (C=O) groups is 4. The molecular formula is C32H34Br2N4O6. The van der Waals surface area contributed by atoms with Crippen LogP contribution in [0, 0.1) is 11.3 Å². The summed E-state index contributed by atoms with van der Waals surface area (Å²) >= 11 is 6.69. The van der Waals surface area contributed by atoms with Crippen LogP contribution >= 0.6 is 31.9 Å². The number of amidine groups is 1. The van der Waals surface area contributed by atoms with Gasteiger partial charge in [0.05, 0.1) is 12.5 Å². The molecule has 0 bridgehead atoms. The maximum atomic E-state index is 11.4. The molecule has 1 unspecified atom stereocenters. The van der Waals surface area contributed by atoms with E-state index in [-0.39, 0.29) is 23.9 Å². The van der Waals surface area contributed by atoms with Gasteiger partial charge < -0.3 is 15.6 Å². The molecule has 12 heteroatoms. The Morgan fingerprint density at radius 1 is 0.977 bits per heavy atom. The molecule has 10 nitrogen and oxygen atoms in total. The first kappa shape index (κ1) is 34.7. The standard InChI is InChI=1S/C15H13BrN2O2.C10H14O4.C7H7BrN2/c16-10-5-3-4-9(8-10)14-17-12-7-2-1-6-11(12)13(18-14)15(19)20;1-2-14-10(13)9(12)7-5-3-4-6-8(7)11;8-6-3-1-2-5(4-6)7(9)10/h3-5,8H,1-2,6-7H2,(H,19,20);7H,2-6H2,1H3;1-4H,(H3,9,10). The Morgan fingerprint density at radius 3 is 2.23 bits per heavy atom. The molecule has 0 aliphatic heterocycles. The summed E-state index contributed by atoms with van der Waals surface area (Å²) in [6, 6.07) is 14.9. The lowest BCUT2D eigenvalue weighted by Crippen LogP contribution is -2.33. The van der Waals surface area contributed by atoms with E-state index in [0.717, 1.165) is 69.9 Å². The van der Waals surface area contributed by atoms with Crippen LogP contribution in [0.25, 0.3) is 11.4 Å². The Morgan fingerprint density at radius 2 is 1.64 bits per heavy atom. The Bertz CT molecular complexity index is 1540. The molecular weight excluding hydrogens is 696 g/mol. The first-order valence-electron chi connectivity index (χ1n) is 14.2. The first-order chi connectivity index (χ1) is 21.0. The lowest BCUT2D eigenvalue weighted by atomic mass is 9.85. The van der Waals surface area contributed by atoms with Crippen molar-refractivity contribution in [2.75, 3.05) is 6.61 Å². The number of carbonyl (C=O) groups excluding carboxylic acids is 3. The summed E-state index contributed by atoms with van der Waals surface area (Å²) < 4.78 is 6.43. The van der Waals surface area contributed by atoms with E-state index in [9.17, 15) is 24.3 Å². The third-order valence-electron chi connectivity index (χ3n) is 6.95. The van der Waals surface area contributed by atoms with Gasteiger partial charge in [0.25, 0.3) is 0 Å². The van der Waals surface area contributed by atoms with E-state index in [0.29, 0.717) is 18.7 Å². The number of fused-ring (bicyclic) bond motifs is 1. The zero-order valence-electron chi connectivity index (χ0n) is 24.3. The molecule has 0 amide bonds. The van der Waals surface area contributed by atoms with Crippen molar-refractivity contribution in [2.24, 2.45) is 11.7 Å². The number of nitrogen functional groups attached to an aromatic ring is 1. The molecule has 2 aliphatic carbocycles. The molecule has 2 aliphatic rings. The number of nitrogens with zero attached hydrogens (tertiary/aromatic N) is 2. The average molecular weight is 730 g/mol. The number of nitrogens with two attached hydrogens (primary N) is 1. The van der Waals surface area contributed by atoms with Crippen LogP contribution in [-0.4, -0.2) is 51.0 Å². The number of carboxylic acid groups (broad SMARTS) is 1. The minimum absolute atomic E-state index is 0.0984. The van der Waals surface area contributed by atoms with Gasteiger partial charge in [0.2, 0.25) is 5.78 Å². The second-order valence-electron chi connectivity index (χ2n) is 10.1. The van der Waals surface area contributed by atoms with Gasteiger partial charge in [0.1, 0.15) is 11.6 Å². The molecule has 4 N–H and O–H groups in total. The monoisotopic (exact) mass is 728 g/mol. The van der Waals surface area contributed by atoms with Crippen molar-refractivity contribution in [2.45, 2.75) is 58.3 Å². The van der Waals surface area contributed by atoms with Gasteiger partial charge >= 0.3 is 11.9 Å². The number of esters is 1. The van der Waals surface area contributed by atoms with E-state index in [4.69, 9.17) is 11.1 Å². The maximum absolute atomic E-state index is 11.4. The van der Waals surface area contributed by atoms with E-state index in [1.54, 1.807) is 13.0 Å². The second-order valence-corrected chi connectivity index (χ2v) is 11.9. The highest BCUT2D eigenvalue weighted by Crippen LogP contribution is 2.27. The lowest BCUT2D eigenvalue weighted by Gasteiger charge is -2.17. The van der Waals surface area contributed by atoms with Crippen molar-refractivity contribution in [3.05, 3.63) is 80.0 Å².